The molecule has 0 nitrogen and oxygen atoms in total. The third-order valence-electron chi connectivity index (χ3n) is 2.30. The highest BCUT2D eigenvalue weighted by Gasteiger charge is 2.51. The van der Waals surface area contributed by atoms with Gasteiger partial charge in [0.15, 0.2) is 0 Å². The first-order valence-electron chi connectivity index (χ1n) is 3.03. The molecule has 2 unspecified atom stereocenters. The average molecular weight is 117 g/mol. The fourth-order valence-electron chi connectivity index (χ4n) is 1.73. The van der Waals surface area contributed by atoms with Gasteiger partial charge >= 0.3 is 0 Å². The Morgan fingerprint density at radius 3 is 2.00 bits per heavy atom. The van der Waals surface area contributed by atoms with Crippen LogP contribution in [0, 0.1) is 11.8 Å². The van der Waals surface area contributed by atoms with Gasteiger partial charge in [0.2, 0.25) is 0 Å². The van der Waals surface area contributed by atoms with Crippen LogP contribution < -0.4 is 0 Å². The first kappa shape index (κ1) is 4.20. The van der Waals surface area contributed by atoms with Crippen molar-refractivity contribution in [2.45, 2.75) is 24.6 Å². The molecule has 0 amide bonds. The Balaban J connectivity index is 2.06. The SMILES string of the molecule is ClC1C2CCCC12. The van der Waals surface area contributed by atoms with Gasteiger partial charge < -0.3 is 0 Å². The Hall–Kier alpha value is 0.290. The number of halogens is 1. The number of fused-ring (bicyclic) bond motifs is 1. The number of hydrogen-bond donors (Lipinski definition) is 0. The second kappa shape index (κ2) is 1.17. The molecule has 0 spiro atoms. The van der Waals surface area contributed by atoms with Crippen molar-refractivity contribution in [2.75, 3.05) is 0 Å². The third-order valence-corrected chi connectivity index (χ3v) is 2.95. The van der Waals surface area contributed by atoms with Crippen molar-refractivity contribution in [1.82, 2.24) is 0 Å². The summed E-state index contributed by atoms with van der Waals surface area (Å²) in [6.45, 7) is 0. The summed E-state index contributed by atoms with van der Waals surface area (Å²) in [5, 5.41) is 0.591. The van der Waals surface area contributed by atoms with Crippen molar-refractivity contribution in [1.29, 1.82) is 0 Å². The molecule has 0 aromatic heterocycles. The third kappa shape index (κ3) is 0.436. The second-order valence-corrected chi connectivity index (χ2v) is 3.21. The molecule has 0 aromatic rings. The van der Waals surface area contributed by atoms with Gasteiger partial charge in [0.25, 0.3) is 0 Å². The van der Waals surface area contributed by atoms with Gasteiger partial charge in [-0.25, -0.2) is 0 Å². The molecule has 0 bridgehead atoms. The van der Waals surface area contributed by atoms with Crippen LogP contribution in [-0.2, 0) is 0 Å². The minimum absolute atomic E-state index is 0.591. The molecule has 0 radical (unpaired) electrons. The zero-order chi connectivity index (χ0) is 4.85. The Morgan fingerprint density at radius 2 is 1.71 bits per heavy atom. The summed E-state index contributed by atoms with van der Waals surface area (Å²) in [6.07, 6.45) is 4.27. The highest BCUT2D eigenvalue weighted by Crippen LogP contribution is 2.55. The summed E-state index contributed by atoms with van der Waals surface area (Å²) in [5.41, 5.74) is 0. The molecule has 0 aliphatic heterocycles. The largest absolute Gasteiger partial charge is 0.122 e. The minimum Gasteiger partial charge on any atom is -0.122 e. The Kier molecular flexibility index (Phi) is 0.699. The van der Waals surface area contributed by atoms with Crippen molar-refractivity contribution in [3.05, 3.63) is 0 Å². The van der Waals surface area contributed by atoms with E-state index in [1.165, 1.54) is 19.3 Å². The molecule has 40 valence electrons. The monoisotopic (exact) mass is 116 g/mol. The molecule has 2 saturated carbocycles. The fraction of sp³-hybridized carbons (Fsp3) is 1.00. The average Bonchev–Trinajstić information content (AvgIpc) is 2.26. The topological polar surface area (TPSA) is 0 Å². The first-order chi connectivity index (χ1) is 3.39. The van der Waals surface area contributed by atoms with E-state index in [0.29, 0.717) is 5.38 Å². The molecule has 2 aliphatic rings. The lowest BCUT2D eigenvalue weighted by atomic mass is 10.3. The molecule has 1 heteroatoms. The molecule has 2 atom stereocenters. The van der Waals surface area contributed by atoms with Crippen LogP contribution in [0.15, 0.2) is 0 Å². The van der Waals surface area contributed by atoms with Gasteiger partial charge in [-0.15, -0.1) is 11.6 Å². The van der Waals surface area contributed by atoms with Crippen molar-refractivity contribution in [2.24, 2.45) is 11.8 Å². The number of rotatable bonds is 0. The second-order valence-electron chi connectivity index (χ2n) is 2.70. The molecule has 0 saturated heterocycles. The van der Waals surface area contributed by atoms with E-state index in [9.17, 15) is 0 Å². The van der Waals surface area contributed by atoms with Crippen LogP contribution >= 0.6 is 11.6 Å². The van der Waals surface area contributed by atoms with Crippen molar-refractivity contribution >= 4 is 11.6 Å². The quantitative estimate of drug-likeness (QED) is 0.425. The van der Waals surface area contributed by atoms with Crippen molar-refractivity contribution in [3.63, 3.8) is 0 Å². The fourth-order valence-corrected chi connectivity index (χ4v) is 2.28. The van der Waals surface area contributed by atoms with Gasteiger partial charge in [0.05, 0.1) is 0 Å². The summed E-state index contributed by atoms with van der Waals surface area (Å²) in [7, 11) is 0. The number of alkyl halides is 1. The molecule has 2 aliphatic carbocycles. The molecule has 0 N–H and O–H groups in total. The van der Waals surface area contributed by atoms with E-state index < -0.39 is 0 Å². The van der Waals surface area contributed by atoms with Gasteiger partial charge in [-0.1, -0.05) is 6.42 Å². The molecule has 0 aromatic carbocycles. The van der Waals surface area contributed by atoms with Crippen LogP contribution in [0.1, 0.15) is 19.3 Å². The Morgan fingerprint density at radius 1 is 1.14 bits per heavy atom. The smallest absolute Gasteiger partial charge is 0.0398 e. The van der Waals surface area contributed by atoms with Crippen LogP contribution in [0.2, 0.25) is 0 Å². The lowest BCUT2D eigenvalue weighted by molar-refractivity contribution is 0.739. The van der Waals surface area contributed by atoms with Crippen molar-refractivity contribution < 1.29 is 0 Å². The molecule has 2 fully saturated rings. The van der Waals surface area contributed by atoms with Crippen LogP contribution in [0.4, 0.5) is 0 Å². The standard InChI is InChI=1S/C6H9Cl/c7-6-4-2-1-3-5(4)6/h4-6H,1-3H2. The van der Waals surface area contributed by atoms with E-state index in [-0.39, 0.29) is 0 Å². The first-order valence-corrected chi connectivity index (χ1v) is 3.47. The maximum Gasteiger partial charge on any atom is 0.0398 e. The van der Waals surface area contributed by atoms with E-state index in [2.05, 4.69) is 0 Å². The minimum atomic E-state index is 0.591. The highest BCUT2D eigenvalue weighted by molar-refractivity contribution is 6.23. The van der Waals surface area contributed by atoms with Gasteiger partial charge in [0.1, 0.15) is 0 Å². The van der Waals surface area contributed by atoms with Gasteiger partial charge in [-0.2, -0.15) is 0 Å². The number of hydrogen-bond acceptors (Lipinski definition) is 0. The maximum absolute atomic E-state index is 5.85. The van der Waals surface area contributed by atoms with Crippen LogP contribution in [0.5, 0.6) is 0 Å². The summed E-state index contributed by atoms with van der Waals surface area (Å²) in [6, 6.07) is 0. The lowest BCUT2D eigenvalue weighted by Gasteiger charge is -1.88. The van der Waals surface area contributed by atoms with E-state index in [1.807, 2.05) is 0 Å². The van der Waals surface area contributed by atoms with Crippen LogP contribution in [0.3, 0.4) is 0 Å². The molecule has 2 rings (SSSR count). The Labute approximate surface area is 48.9 Å². The van der Waals surface area contributed by atoms with E-state index in [0.717, 1.165) is 11.8 Å². The zero-order valence-electron chi connectivity index (χ0n) is 4.23. The Bertz CT molecular complexity index is 80.2. The van der Waals surface area contributed by atoms with Crippen LogP contribution in [-0.4, -0.2) is 5.38 Å². The predicted molar refractivity (Wildman–Crippen MR) is 30.5 cm³/mol. The summed E-state index contributed by atoms with van der Waals surface area (Å²) in [5.74, 6) is 1.89. The normalized spacial score (nSPS) is 57.0. The highest BCUT2D eigenvalue weighted by atomic mass is 35.5. The van der Waals surface area contributed by atoms with Crippen LogP contribution in [0.25, 0.3) is 0 Å². The maximum atomic E-state index is 5.85. The molecule has 7 heavy (non-hydrogen) atoms. The summed E-state index contributed by atoms with van der Waals surface area (Å²) >= 11 is 5.85. The van der Waals surface area contributed by atoms with E-state index in [4.69, 9.17) is 11.6 Å². The molecular formula is C6H9Cl. The lowest BCUT2D eigenvalue weighted by Crippen LogP contribution is -1.79. The summed E-state index contributed by atoms with van der Waals surface area (Å²) < 4.78 is 0. The van der Waals surface area contributed by atoms with E-state index in [1.54, 1.807) is 0 Å². The summed E-state index contributed by atoms with van der Waals surface area (Å²) in [4.78, 5) is 0. The predicted octanol–water partition coefficient (Wildman–Crippen LogP) is 2.02. The zero-order valence-corrected chi connectivity index (χ0v) is 4.99. The van der Waals surface area contributed by atoms with Gasteiger partial charge in [0, 0.05) is 5.38 Å². The van der Waals surface area contributed by atoms with Gasteiger partial charge in [-0.3, -0.25) is 0 Å². The molecule has 0 heterocycles. The van der Waals surface area contributed by atoms with Crippen molar-refractivity contribution in [3.8, 4) is 0 Å². The van der Waals surface area contributed by atoms with E-state index >= 15 is 0 Å². The molecular weight excluding hydrogens is 108 g/mol. The van der Waals surface area contributed by atoms with Gasteiger partial charge in [-0.05, 0) is 24.7 Å².